The fourth-order valence-electron chi connectivity index (χ4n) is 2.18. The summed E-state index contributed by atoms with van der Waals surface area (Å²) in [5.41, 5.74) is 3.26. The van der Waals surface area contributed by atoms with E-state index in [4.69, 9.17) is 16.3 Å². The normalized spacial score (nSPS) is 17.6. The minimum absolute atomic E-state index is 0.0343. The highest BCUT2D eigenvalue weighted by molar-refractivity contribution is 6.31. The van der Waals surface area contributed by atoms with E-state index in [9.17, 15) is 0 Å². The first kappa shape index (κ1) is 11.4. The summed E-state index contributed by atoms with van der Waals surface area (Å²) in [4.78, 5) is 0. The molecule has 1 N–H and O–H groups in total. The summed E-state index contributed by atoms with van der Waals surface area (Å²) >= 11 is 6.21. The fraction of sp³-hybridized carbons (Fsp3) is 0.200. The second kappa shape index (κ2) is 4.54. The number of fused-ring (bicyclic) bond motifs is 1. The highest BCUT2D eigenvalue weighted by atomic mass is 35.5. The molecule has 92 valence electrons. The molecule has 2 aromatic rings. The number of aryl methyl sites for hydroxylation is 1. The summed E-state index contributed by atoms with van der Waals surface area (Å²) < 4.78 is 6.03. The molecule has 0 saturated carbocycles. The lowest BCUT2D eigenvalue weighted by molar-refractivity contribution is 0.210. The smallest absolute Gasteiger partial charge is 0.143 e. The van der Waals surface area contributed by atoms with Gasteiger partial charge in [-0.15, -0.1) is 0 Å². The molecule has 1 unspecified atom stereocenters. The van der Waals surface area contributed by atoms with Crippen molar-refractivity contribution >= 4 is 17.3 Å². The molecule has 3 rings (SSSR count). The molecule has 0 radical (unpaired) electrons. The van der Waals surface area contributed by atoms with Crippen molar-refractivity contribution in [2.75, 3.05) is 11.9 Å². The Balaban J connectivity index is 1.93. The Morgan fingerprint density at radius 3 is 2.89 bits per heavy atom. The molecular weight excluding hydrogens is 246 g/mol. The topological polar surface area (TPSA) is 21.3 Å². The molecule has 18 heavy (non-hydrogen) atoms. The Morgan fingerprint density at radius 2 is 2.06 bits per heavy atom. The van der Waals surface area contributed by atoms with Crippen molar-refractivity contribution in [3.05, 3.63) is 58.6 Å². The van der Waals surface area contributed by atoms with Gasteiger partial charge in [-0.1, -0.05) is 35.9 Å². The lowest BCUT2D eigenvalue weighted by Gasteiger charge is -2.28. The molecule has 0 aromatic heterocycles. The Kier molecular flexibility index (Phi) is 2.88. The van der Waals surface area contributed by atoms with E-state index in [-0.39, 0.29) is 6.10 Å². The number of rotatable bonds is 1. The molecule has 0 spiro atoms. The molecular formula is C15H14ClNO. The second-order valence-electron chi connectivity index (χ2n) is 4.51. The van der Waals surface area contributed by atoms with E-state index in [2.05, 4.69) is 18.3 Å². The van der Waals surface area contributed by atoms with Gasteiger partial charge in [0, 0.05) is 10.6 Å². The van der Waals surface area contributed by atoms with Crippen LogP contribution in [0.4, 0.5) is 5.69 Å². The van der Waals surface area contributed by atoms with Crippen LogP contribution < -0.4 is 10.1 Å². The van der Waals surface area contributed by atoms with Gasteiger partial charge in [0.15, 0.2) is 0 Å². The van der Waals surface area contributed by atoms with Crippen LogP contribution in [0.3, 0.4) is 0 Å². The third kappa shape index (κ3) is 2.04. The zero-order chi connectivity index (χ0) is 12.5. The number of hydrogen-bond donors (Lipinski definition) is 1. The molecule has 0 amide bonds. The molecule has 1 aliphatic rings. The SMILES string of the molecule is Cc1ccc2c(c1)OC(c1ccccc1Cl)CN2. The van der Waals surface area contributed by atoms with Gasteiger partial charge in [-0.05, 0) is 30.7 Å². The summed E-state index contributed by atoms with van der Waals surface area (Å²) in [5.74, 6) is 0.895. The van der Waals surface area contributed by atoms with E-state index in [0.29, 0.717) is 0 Å². The first-order chi connectivity index (χ1) is 8.74. The third-order valence-electron chi connectivity index (χ3n) is 3.14. The van der Waals surface area contributed by atoms with Crippen LogP contribution in [0.5, 0.6) is 5.75 Å². The van der Waals surface area contributed by atoms with Crippen LogP contribution in [0.1, 0.15) is 17.2 Å². The van der Waals surface area contributed by atoms with Crippen LogP contribution in [-0.4, -0.2) is 6.54 Å². The maximum absolute atomic E-state index is 6.21. The molecule has 0 fully saturated rings. The van der Waals surface area contributed by atoms with Crippen LogP contribution >= 0.6 is 11.6 Å². The molecule has 1 atom stereocenters. The maximum atomic E-state index is 6.21. The van der Waals surface area contributed by atoms with E-state index < -0.39 is 0 Å². The van der Waals surface area contributed by atoms with Gasteiger partial charge in [0.2, 0.25) is 0 Å². The number of benzene rings is 2. The van der Waals surface area contributed by atoms with Crippen LogP contribution in [0.15, 0.2) is 42.5 Å². The third-order valence-corrected chi connectivity index (χ3v) is 3.48. The van der Waals surface area contributed by atoms with Crippen molar-refractivity contribution in [3.8, 4) is 5.75 Å². The van der Waals surface area contributed by atoms with Crippen LogP contribution in [0.25, 0.3) is 0 Å². The summed E-state index contributed by atoms with van der Waals surface area (Å²) in [6.45, 7) is 2.79. The summed E-state index contributed by atoms with van der Waals surface area (Å²) in [5, 5.41) is 4.13. The highest BCUT2D eigenvalue weighted by Crippen LogP contribution is 2.36. The van der Waals surface area contributed by atoms with Crippen molar-refractivity contribution < 1.29 is 4.74 Å². The average molecular weight is 260 g/mol. The highest BCUT2D eigenvalue weighted by Gasteiger charge is 2.22. The standard InChI is InChI=1S/C15H14ClNO/c1-10-6-7-13-14(8-10)18-15(9-17-13)11-4-2-3-5-12(11)16/h2-8,15,17H,9H2,1H3. The fourth-order valence-corrected chi connectivity index (χ4v) is 2.44. The Labute approximate surface area is 112 Å². The second-order valence-corrected chi connectivity index (χ2v) is 4.92. The van der Waals surface area contributed by atoms with Crippen molar-refractivity contribution in [2.24, 2.45) is 0 Å². The Morgan fingerprint density at radius 1 is 1.22 bits per heavy atom. The van der Waals surface area contributed by atoms with E-state index in [1.165, 1.54) is 5.56 Å². The van der Waals surface area contributed by atoms with Crippen molar-refractivity contribution in [1.82, 2.24) is 0 Å². The number of nitrogens with one attached hydrogen (secondary N) is 1. The van der Waals surface area contributed by atoms with E-state index >= 15 is 0 Å². The average Bonchev–Trinajstić information content (AvgIpc) is 2.38. The van der Waals surface area contributed by atoms with Crippen molar-refractivity contribution in [1.29, 1.82) is 0 Å². The molecule has 2 aromatic carbocycles. The molecule has 0 bridgehead atoms. The van der Waals surface area contributed by atoms with Gasteiger partial charge in [-0.3, -0.25) is 0 Å². The van der Waals surface area contributed by atoms with Gasteiger partial charge >= 0.3 is 0 Å². The van der Waals surface area contributed by atoms with E-state index in [1.54, 1.807) is 0 Å². The number of hydrogen-bond acceptors (Lipinski definition) is 2. The number of halogens is 1. The number of ether oxygens (including phenoxy) is 1. The molecule has 0 aliphatic carbocycles. The molecule has 1 heterocycles. The van der Waals surface area contributed by atoms with Crippen LogP contribution in [-0.2, 0) is 0 Å². The maximum Gasteiger partial charge on any atom is 0.143 e. The molecule has 3 heteroatoms. The van der Waals surface area contributed by atoms with Gasteiger partial charge < -0.3 is 10.1 Å². The lowest BCUT2D eigenvalue weighted by atomic mass is 10.1. The van der Waals surface area contributed by atoms with Gasteiger partial charge in [-0.25, -0.2) is 0 Å². The lowest BCUT2D eigenvalue weighted by Crippen LogP contribution is -2.23. The van der Waals surface area contributed by atoms with Crippen molar-refractivity contribution in [3.63, 3.8) is 0 Å². The van der Waals surface area contributed by atoms with Gasteiger partial charge in [-0.2, -0.15) is 0 Å². The predicted molar refractivity (Wildman–Crippen MR) is 74.5 cm³/mol. The molecule has 2 nitrogen and oxygen atoms in total. The Bertz CT molecular complexity index is 582. The molecule has 0 saturated heterocycles. The van der Waals surface area contributed by atoms with E-state index in [0.717, 1.165) is 28.6 Å². The van der Waals surface area contributed by atoms with Gasteiger partial charge in [0.1, 0.15) is 11.9 Å². The van der Waals surface area contributed by atoms with Gasteiger partial charge in [0.05, 0.1) is 12.2 Å². The van der Waals surface area contributed by atoms with Gasteiger partial charge in [0.25, 0.3) is 0 Å². The summed E-state index contributed by atoms with van der Waals surface area (Å²) in [6, 6.07) is 14.0. The van der Waals surface area contributed by atoms with Crippen LogP contribution in [0.2, 0.25) is 5.02 Å². The number of anilines is 1. The minimum atomic E-state index is -0.0343. The Hall–Kier alpha value is -1.67. The minimum Gasteiger partial charge on any atom is -0.482 e. The van der Waals surface area contributed by atoms with Crippen molar-refractivity contribution in [2.45, 2.75) is 13.0 Å². The zero-order valence-corrected chi connectivity index (χ0v) is 10.9. The van der Waals surface area contributed by atoms with Crippen LogP contribution in [0, 0.1) is 6.92 Å². The summed E-state index contributed by atoms with van der Waals surface area (Å²) in [6.07, 6.45) is -0.0343. The quantitative estimate of drug-likeness (QED) is 0.829. The first-order valence-corrected chi connectivity index (χ1v) is 6.37. The molecule has 1 aliphatic heterocycles. The monoisotopic (exact) mass is 259 g/mol. The zero-order valence-electron chi connectivity index (χ0n) is 10.1. The summed E-state index contributed by atoms with van der Waals surface area (Å²) in [7, 11) is 0. The first-order valence-electron chi connectivity index (χ1n) is 5.99. The largest absolute Gasteiger partial charge is 0.482 e. The predicted octanol–water partition coefficient (Wildman–Crippen LogP) is 4.19. The van der Waals surface area contributed by atoms with E-state index in [1.807, 2.05) is 36.4 Å².